The van der Waals surface area contributed by atoms with Crippen LogP contribution in [0.5, 0.6) is 0 Å². The molecule has 1 aromatic carbocycles. The molecule has 3 N–H and O–H groups in total. The summed E-state index contributed by atoms with van der Waals surface area (Å²) in [5.41, 5.74) is 1.37. The van der Waals surface area contributed by atoms with Gasteiger partial charge in [-0.15, -0.1) is 0 Å². The van der Waals surface area contributed by atoms with Gasteiger partial charge in [0.1, 0.15) is 11.4 Å². The molecule has 174 valence electrons. The summed E-state index contributed by atoms with van der Waals surface area (Å²) in [6.45, 7) is 3.60. The highest BCUT2D eigenvalue weighted by Gasteiger charge is 2.55. The Morgan fingerprint density at radius 2 is 2.03 bits per heavy atom. The van der Waals surface area contributed by atoms with E-state index in [1.54, 1.807) is 17.3 Å². The van der Waals surface area contributed by atoms with E-state index in [-0.39, 0.29) is 36.0 Å². The van der Waals surface area contributed by atoms with E-state index >= 15 is 0 Å². The van der Waals surface area contributed by atoms with Gasteiger partial charge in [0.05, 0.1) is 6.20 Å². The zero-order valence-electron chi connectivity index (χ0n) is 18.4. The van der Waals surface area contributed by atoms with Crippen molar-refractivity contribution in [2.75, 3.05) is 24.5 Å². The molecule has 2 saturated heterocycles. The number of rotatable bonds is 6. The lowest BCUT2D eigenvalue weighted by Crippen LogP contribution is -2.54. The standard InChI is InChI=1S/C23H27FN6O3/c1-14-13-29(20(31)4-5-23(17-2-3-17)21(32)27-22(33)28-23)6-7-30(14)19-9-15(8-18(24)10-19)16-11-25-26-12-16/h8-12,14,17H,2-7,13H2,1H3,(H,25,26)(H2,27,28,32,33)/t14-,23-/m0/s1. The Hall–Kier alpha value is -3.43. The zero-order valence-corrected chi connectivity index (χ0v) is 18.4. The van der Waals surface area contributed by atoms with Crippen LogP contribution < -0.4 is 15.5 Å². The number of H-pyrrole nitrogens is 1. The Morgan fingerprint density at radius 3 is 2.67 bits per heavy atom. The number of piperazine rings is 1. The fourth-order valence-corrected chi connectivity index (χ4v) is 5.09. The van der Waals surface area contributed by atoms with Gasteiger partial charge < -0.3 is 15.1 Å². The fraction of sp³-hybridized carbons (Fsp3) is 0.478. The highest BCUT2D eigenvalue weighted by atomic mass is 19.1. The number of urea groups is 1. The molecule has 0 radical (unpaired) electrons. The number of hydrogen-bond acceptors (Lipinski definition) is 5. The van der Waals surface area contributed by atoms with Crippen molar-refractivity contribution in [1.82, 2.24) is 25.7 Å². The number of carbonyl (C=O) groups excluding carboxylic acids is 3. The lowest BCUT2D eigenvalue weighted by atomic mass is 9.87. The first-order chi connectivity index (χ1) is 15.9. The average Bonchev–Trinajstić information content (AvgIpc) is 3.40. The number of carbonyl (C=O) groups is 3. The van der Waals surface area contributed by atoms with E-state index in [1.807, 2.05) is 13.0 Å². The molecule has 4 amide bonds. The van der Waals surface area contributed by atoms with Crippen LogP contribution in [0.3, 0.4) is 0 Å². The van der Waals surface area contributed by atoms with E-state index in [0.717, 1.165) is 29.7 Å². The number of hydrogen-bond donors (Lipinski definition) is 3. The first-order valence-electron chi connectivity index (χ1n) is 11.3. The van der Waals surface area contributed by atoms with E-state index in [2.05, 4.69) is 25.7 Å². The normalized spacial score (nSPS) is 25.2. The van der Waals surface area contributed by atoms with Crippen LogP contribution in [0.25, 0.3) is 11.1 Å². The van der Waals surface area contributed by atoms with E-state index in [1.165, 1.54) is 12.1 Å². The molecule has 0 unspecified atom stereocenters. The van der Waals surface area contributed by atoms with Gasteiger partial charge in [-0.3, -0.25) is 20.0 Å². The molecule has 2 atom stereocenters. The van der Waals surface area contributed by atoms with Gasteiger partial charge in [0.25, 0.3) is 5.91 Å². The monoisotopic (exact) mass is 454 g/mol. The second-order valence-corrected chi connectivity index (χ2v) is 9.22. The molecule has 5 rings (SSSR count). The molecule has 9 nitrogen and oxygen atoms in total. The summed E-state index contributed by atoms with van der Waals surface area (Å²) in [7, 11) is 0. The Bertz CT molecular complexity index is 1090. The predicted molar refractivity (Wildman–Crippen MR) is 119 cm³/mol. The highest BCUT2D eigenvalue weighted by molar-refractivity contribution is 6.07. The quantitative estimate of drug-likeness (QED) is 0.579. The van der Waals surface area contributed by atoms with Crippen LogP contribution in [0, 0.1) is 11.7 Å². The first kappa shape index (κ1) is 21.4. The molecule has 0 spiro atoms. The number of nitrogens with zero attached hydrogens (tertiary/aromatic N) is 3. The van der Waals surface area contributed by atoms with E-state index in [4.69, 9.17) is 0 Å². The van der Waals surface area contributed by atoms with Crippen LogP contribution in [0.1, 0.15) is 32.6 Å². The summed E-state index contributed by atoms with van der Waals surface area (Å²) < 4.78 is 14.3. The highest BCUT2D eigenvalue weighted by Crippen LogP contribution is 2.43. The van der Waals surface area contributed by atoms with Crippen LogP contribution in [0.4, 0.5) is 14.9 Å². The Kier molecular flexibility index (Phi) is 5.30. The number of halogens is 1. The lowest BCUT2D eigenvalue weighted by Gasteiger charge is -2.41. The van der Waals surface area contributed by atoms with Gasteiger partial charge >= 0.3 is 6.03 Å². The molecule has 2 aliphatic heterocycles. The van der Waals surface area contributed by atoms with Gasteiger partial charge in [0.2, 0.25) is 5.91 Å². The molecule has 33 heavy (non-hydrogen) atoms. The molecular formula is C23H27FN6O3. The maximum atomic E-state index is 14.3. The maximum Gasteiger partial charge on any atom is 0.322 e. The van der Waals surface area contributed by atoms with Gasteiger partial charge in [-0.2, -0.15) is 5.10 Å². The Labute approximate surface area is 190 Å². The molecule has 1 aliphatic carbocycles. The summed E-state index contributed by atoms with van der Waals surface area (Å²) in [6.07, 6.45) is 5.64. The lowest BCUT2D eigenvalue weighted by molar-refractivity contribution is -0.133. The minimum absolute atomic E-state index is 0.00595. The summed E-state index contributed by atoms with van der Waals surface area (Å²) >= 11 is 0. The fourth-order valence-electron chi connectivity index (χ4n) is 5.09. The van der Waals surface area contributed by atoms with Crippen molar-refractivity contribution in [3.05, 3.63) is 36.4 Å². The van der Waals surface area contributed by atoms with Crippen molar-refractivity contribution in [2.24, 2.45) is 5.92 Å². The summed E-state index contributed by atoms with van der Waals surface area (Å²) in [5, 5.41) is 11.8. The summed E-state index contributed by atoms with van der Waals surface area (Å²) in [5.74, 6) is -0.573. The molecule has 3 aliphatic rings. The molecule has 3 heterocycles. The van der Waals surface area contributed by atoms with Crippen LogP contribution in [-0.4, -0.2) is 64.2 Å². The topological polar surface area (TPSA) is 110 Å². The second kappa shape index (κ2) is 8.17. The van der Waals surface area contributed by atoms with Crippen molar-refractivity contribution in [3.8, 4) is 11.1 Å². The molecule has 2 aromatic rings. The van der Waals surface area contributed by atoms with Crippen LogP contribution in [0.15, 0.2) is 30.6 Å². The van der Waals surface area contributed by atoms with Gasteiger partial charge in [0, 0.05) is 49.5 Å². The number of nitrogens with one attached hydrogen (secondary N) is 3. The average molecular weight is 455 g/mol. The van der Waals surface area contributed by atoms with Crippen LogP contribution >= 0.6 is 0 Å². The molecular weight excluding hydrogens is 427 g/mol. The molecule has 10 heteroatoms. The number of anilines is 1. The number of aromatic amines is 1. The third-order valence-corrected chi connectivity index (χ3v) is 7.00. The van der Waals surface area contributed by atoms with E-state index in [9.17, 15) is 18.8 Å². The third-order valence-electron chi connectivity index (χ3n) is 7.00. The van der Waals surface area contributed by atoms with Crippen molar-refractivity contribution in [1.29, 1.82) is 0 Å². The van der Waals surface area contributed by atoms with E-state index in [0.29, 0.717) is 26.1 Å². The van der Waals surface area contributed by atoms with Crippen LogP contribution in [0.2, 0.25) is 0 Å². The van der Waals surface area contributed by atoms with Crippen molar-refractivity contribution in [2.45, 2.75) is 44.2 Å². The molecule has 1 saturated carbocycles. The maximum absolute atomic E-state index is 14.3. The number of amides is 4. The largest absolute Gasteiger partial charge is 0.365 e. The van der Waals surface area contributed by atoms with Gasteiger partial charge in [0.15, 0.2) is 0 Å². The number of imide groups is 1. The summed E-state index contributed by atoms with van der Waals surface area (Å²) in [6, 6.07) is 4.44. The van der Waals surface area contributed by atoms with Crippen molar-refractivity contribution in [3.63, 3.8) is 0 Å². The third kappa shape index (κ3) is 4.05. The summed E-state index contributed by atoms with van der Waals surface area (Å²) in [4.78, 5) is 41.0. The minimum Gasteiger partial charge on any atom is -0.365 e. The Balaban J connectivity index is 1.23. The molecule has 3 fully saturated rings. The predicted octanol–water partition coefficient (Wildman–Crippen LogP) is 2.02. The second-order valence-electron chi connectivity index (χ2n) is 9.22. The van der Waals surface area contributed by atoms with E-state index < -0.39 is 11.6 Å². The van der Waals surface area contributed by atoms with Gasteiger partial charge in [-0.05, 0) is 55.9 Å². The molecule has 0 bridgehead atoms. The molecule has 1 aromatic heterocycles. The SMILES string of the molecule is C[C@H]1CN(C(=O)CC[C@@]2(C3CC3)NC(=O)NC2=O)CCN1c1cc(F)cc(-c2cn[nH]c2)c1. The number of benzene rings is 1. The van der Waals surface area contributed by atoms with Gasteiger partial charge in [-0.1, -0.05) is 0 Å². The van der Waals surface area contributed by atoms with Crippen molar-refractivity contribution < 1.29 is 18.8 Å². The Morgan fingerprint density at radius 1 is 1.21 bits per heavy atom. The van der Waals surface area contributed by atoms with Crippen LogP contribution in [-0.2, 0) is 9.59 Å². The minimum atomic E-state index is -0.953. The smallest absolute Gasteiger partial charge is 0.322 e. The first-order valence-corrected chi connectivity index (χ1v) is 11.3. The zero-order chi connectivity index (χ0) is 23.2. The van der Waals surface area contributed by atoms with Crippen molar-refractivity contribution >= 4 is 23.5 Å². The number of aromatic nitrogens is 2. The van der Waals surface area contributed by atoms with Gasteiger partial charge in [-0.25, -0.2) is 9.18 Å².